The number of ketones is 1. The van der Waals surface area contributed by atoms with Crippen molar-refractivity contribution in [2.75, 3.05) is 0 Å². The van der Waals surface area contributed by atoms with Gasteiger partial charge >= 0.3 is 0 Å². The van der Waals surface area contributed by atoms with Crippen LogP contribution in [0.25, 0.3) is 0 Å². The van der Waals surface area contributed by atoms with E-state index < -0.39 is 0 Å². The summed E-state index contributed by atoms with van der Waals surface area (Å²) in [5, 5.41) is 4.10. The minimum absolute atomic E-state index is 0.0865. The molecule has 1 aromatic carbocycles. The molecular formula is C16H18N2O2. The smallest absolute Gasteiger partial charge is 0.234 e. The third kappa shape index (κ3) is 2.38. The Kier molecular flexibility index (Phi) is 3.38. The fraction of sp³-hybridized carbons (Fsp3) is 0.438. The Morgan fingerprint density at radius 3 is 2.70 bits per heavy atom. The van der Waals surface area contributed by atoms with Crippen molar-refractivity contribution in [2.24, 2.45) is 0 Å². The van der Waals surface area contributed by atoms with Gasteiger partial charge in [0.05, 0.1) is 11.8 Å². The molecule has 3 rings (SSSR count). The molecule has 1 saturated carbocycles. The highest BCUT2D eigenvalue weighted by molar-refractivity contribution is 5.79. The minimum atomic E-state index is -0.0865. The predicted octanol–water partition coefficient (Wildman–Crippen LogP) is 3.06. The Morgan fingerprint density at radius 2 is 2.05 bits per heavy atom. The Balaban J connectivity index is 1.79. The van der Waals surface area contributed by atoms with Gasteiger partial charge in [-0.05, 0) is 24.8 Å². The highest BCUT2D eigenvalue weighted by Crippen LogP contribution is 2.52. The zero-order valence-electron chi connectivity index (χ0n) is 11.6. The molecule has 0 aliphatic heterocycles. The second-order valence-electron chi connectivity index (χ2n) is 5.43. The van der Waals surface area contributed by atoms with E-state index >= 15 is 0 Å². The molecule has 0 saturated heterocycles. The van der Waals surface area contributed by atoms with Crippen LogP contribution in [0, 0.1) is 0 Å². The summed E-state index contributed by atoms with van der Waals surface area (Å²) in [4.78, 5) is 16.1. The van der Waals surface area contributed by atoms with Crippen LogP contribution in [0.2, 0.25) is 0 Å². The van der Waals surface area contributed by atoms with Crippen LogP contribution in [0.5, 0.6) is 0 Å². The number of hydrogen-bond donors (Lipinski definition) is 0. The maximum Gasteiger partial charge on any atom is 0.234 e. The lowest BCUT2D eigenvalue weighted by molar-refractivity contribution is -0.118. The second kappa shape index (κ2) is 5.19. The summed E-state index contributed by atoms with van der Waals surface area (Å²) < 4.78 is 5.25. The Morgan fingerprint density at radius 1 is 1.30 bits per heavy atom. The Hall–Kier alpha value is -1.97. The fourth-order valence-electron chi connectivity index (χ4n) is 2.58. The highest BCUT2D eigenvalue weighted by atomic mass is 16.5. The summed E-state index contributed by atoms with van der Waals surface area (Å²) in [6.07, 6.45) is 3.76. The molecule has 1 heterocycles. The molecular weight excluding hydrogens is 252 g/mol. The first-order chi connectivity index (χ1) is 9.74. The van der Waals surface area contributed by atoms with Crippen LogP contribution in [0.15, 0.2) is 34.9 Å². The molecule has 0 amide bonds. The van der Waals surface area contributed by atoms with Crippen molar-refractivity contribution in [1.29, 1.82) is 0 Å². The van der Waals surface area contributed by atoms with Crippen LogP contribution >= 0.6 is 0 Å². The molecule has 4 nitrogen and oxygen atoms in total. The van der Waals surface area contributed by atoms with Crippen LogP contribution < -0.4 is 0 Å². The van der Waals surface area contributed by atoms with Crippen molar-refractivity contribution < 1.29 is 9.32 Å². The molecule has 0 atom stereocenters. The van der Waals surface area contributed by atoms with Gasteiger partial charge in [0, 0.05) is 6.42 Å². The fourth-order valence-corrected chi connectivity index (χ4v) is 2.58. The summed E-state index contributed by atoms with van der Waals surface area (Å²) in [6.45, 7) is 1.99. The van der Waals surface area contributed by atoms with Crippen molar-refractivity contribution in [3.05, 3.63) is 47.6 Å². The second-order valence-corrected chi connectivity index (χ2v) is 5.43. The lowest BCUT2D eigenvalue weighted by Crippen LogP contribution is -2.11. The molecule has 4 heteroatoms. The zero-order chi connectivity index (χ0) is 14.0. The summed E-state index contributed by atoms with van der Waals surface area (Å²) >= 11 is 0. The number of rotatable bonds is 6. The van der Waals surface area contributed by atoms with Gasteiger partial charge in [0.1, 0.15) is 5.78 Å². The Labute approximate surface area is 118 Å². The first kappa shape index (κ1) is 13.0. The van der Waals surface area contributed by atoms with Crippen molar-refractivity contribution in [1.82, 2.24) is 10.1 Å². The molecule has 0 bridgehead atoms. The predicted molar refractivity (Wildman–Crippen MR) is 74.4 cm³/mol. The first-order valence-electron chi connectivity index (χ1n) is 7.15. The summed E-state index contributed by atoms with van der Waals surface area (Å²) in [5.41, 5.74) is 1.14. The average molecular weight is 270 g/mol. The molecule has 0 spiro atoms. The number of benzene rings is 1. The van der Waals surface area contributed by atoms with Crippen molar-refractivity contribution in [3.8, 4) is 0 Å². The maximum absolute atomic E-state index is 11.6. The molecule has 0 unspecified atom stereocenters. The molecule has 1 aliphatic rings. The van der Waals surface area contributed by atoms with Crippen LogP contribution in [0.4, 0.5) is 0 Å². The van der Waals surface area contributed by atoms with Gasteiger partial charge in [-0.2, -0.15) is 4.98 Å². The van der Waals surface area contributed by atoms with Gasteiger partial charge in [0.15, 0.2) is 5.82 Å². The monoisotopic (exact) mass is 270 g/mol. The molecule has 0 N–H and O–H groups in total. The van der Waals surface area contributed by atoms with Gasteiger partial charge in [-0.1, -0.05) is 42.4 Å². The van der Waals surface area contributed by atoms with E-state index in [4.69, 9.17) is 4.52 Å². The van der Waals surface area contributed by atoms with Crippen LogP contribution in [0.3, 0.4) is 0 Å². The van der Waals surface area contributed by atoms with Crippen molar-refractivity contribution in [3.63, 3.8) is 0 Å². The molecule has 1 aromatic heterocycles. The molecule has 2 aromatic rings. The number of carbonyl (C=O) groups is 1. The van der Waals surface area contributed by atoms with Crippen molar-refractivity contribution >= 4 is 5.78 Å². The van der Waals surface area contributed by atoms with Crippen LogP contribution in [0.1, 0.15) is 49.9 Å². The van der Waals surface area contributed by atoms with E-state index in [1.807, 2.05) is 25.1 Å². The summed E-state index contributed by atoms with van der Waals surface area (Å²) in [7, 11) is 0. The van der Waals surface area contributed by atoms with E-state index in [9.17, 15) is 4.79 Å². The summed E-state index contributed by atoms with van der Waals surface area (Å²) in [6, 6.07) is 10.3. The number of nitrogens with zero attached hydrogens (tertiary/aromatic N) is 2. The topological polar surface area (TPSA) is 56.0 Å². The molecule has 1 fully saturated rings. The third-order valence-electron chi connectivity index (χ3n) is 3.85. The summed E-state index contributed by atoms with van der Waals surface area (Å²) in [5.74, 6) is 1.33. The third-order valence-corrected chi connectivity index (χ3v) is 3.85. The SMILES string of the molecule is CCCC(=O)Cc1nc(C2(c3ccccc3)CC2)no1. The average Bonchev–Trinajstić information content (AvgIpc) is 3.15. The highest BCUT2D eigenvalue weighted by Gasteiger charge is 2.49. The van der Waals surface area contributed by atoms with Gasteiger partial charge in [0.25, 0.3) is 0 Å². The molecule has 20 heavy (non-hydrogen) atoms. The zero-order valence-corrected chi connectivity index (χ0v) is 11.6. The maximum atomic E-state index is 11.6. The quantitative estimate of drug-likeness (QED) is 0.809. The minimum Gasteiger partial charge on any atom is -0.339 e. The van der Waals surface area contributed by atoms with E-state index in [1.165, 1.54) is 5.56 Å². The molecule has 1 aliphatic carbocycles. The lowest BCUT2D eigenvalue weighted by Gasteiger charge is -2.09. The molecule has 104 valence electrons. The van der Waals surface area contributed by atoms with Crippen LogP contribution in [-0.2, 0) is 16.6 Å². The van der Waals surface area contributed by atoms with E-state index in [1.54, 1.807) is 0 Å². The van der Waals surface area contributed by atoms with Gasteiger partial charge in [-0.25, -0.2) is 0 Å². The van der Waals surface area contributed by atoms with E-state index in [0.29, 0.717) is 12.3 Å². The van der Waals surface area contributed by atoms with Gasteiger partial charge < -0.3 is 4.52 Å². The number of carbonyl (C=O) groups excluding carboxylic acids is 1. The van der Waals surface area contributed by atoms with Gasteiger partial charge in [0.2, 0.25) is 5.89 Å². The standard InChI is InChI=1S/C16H18N2O2/c1-2-6-13(19)11-14-17-15(18-20-14)16(9-10-16)12-7-4-3-5-8-12/h3-5,7-8H,2,6,9-11H2,1H3. The molecule has 0 radical (unpaired) electrons. The Bertz CT molecular complexity index is 600. The first-order valence-corrected chi connectivity index (χ1v) is 7.15. The van der Waals surface area contributed by atoms with E-state index in [0.717, 1.165) is 25.1 Å². The van der Waals surface area contributed by atoms with Gasteiger partial charge in [-0.3, -0.25) is 4.79 Å². The van der Waals surface area contributed by atoms with E-state index in [2.05, 4.69) is 22.3 Å². The number of aromatic nitrogens is 2. The lowest BCUT2D eigenvalue weighted by atomic mass is 9.95. The largest absolute Gasteiger partial charge is 0.339 e. The van der Waals surface area contributed by atoms with E-state index in [-0.39, 0.29) is 17.6 Å². The van der Waals surface area contributed by atoms with Gasteiger partial charge in [-0.15, -0.1) is 0 Å². The van der Waals surface area contributed by atoms with Crippen molar-refractivity contribution in [2.45, 2.75) is 44.4 Å². The number of Topliss-reactive ketones (excluding diaryl/α,β-unsaturated/α-hetero) is 1. The van der Waals surface area contributed by atoms with Crippen LogP contribution in [-0.4, -0.2) is 15.9 Å². The number of hydrogen-bond acceptors (Lipinski definition) is 4. The normalized spacial score (nSPS) is 16.1.